The molecule has 7 nitrogen and oxygen atoms in total. The quantitative estimate of drug-likeness (QED) is 0.629. The van der Waals surface area contributed by atoms with Crippen LogP contribution < -0.4 is 4.72 Å². The Balaban J connectivity index is 1.90. The fraction of sp³-hybridized carbons (Fsp3) is 0.368. The van der Waals surface area contributed by atoms with Gasteiger partial charge < -0.3 is 0 Å². The maximum absolute atomic E-state index is 13.0. The smallest absolute Gasteiger partial charge is 0.276 e. The van der Waals surface area contributed by atoms with E-state index in [4.69, 9.17) is 0 Å². The van der Waals surface area contributed by atoms with Crippen molar-refractivity contribution in [2.24, 2.45) is 0 Å². The van der Waals surface area contributed by atoms with Gasteiger partial charge in [-0.3, -0.25) is 14.1 Å². The fourth-order valence-corrected chi connectivity index (χ4v) is 4.57. The summed E-state index contributed by atoms with van der Waals surface area (Å²) in [4.78, 5) is 0.0637. The van der Waals surface area contributed by atoms with Crippen molar-refractivity contribution in [3.63, 3.8) is 0 Å². The zero-order valence-corrected chi connectivity index (χ0v) is 17.8. The molecule has 0 amide bonds. The molecular weight excluding hydrogens is 419 g/mol. The number of anilines is 1. The van der Waals surface area contributed by atoms with E-state index < -0.39 is 21.8 Å². The van der Waals surface area contributed by atoms with Gasteiger partial charge in [-0.1, -0.05) is 12.1 Å². The zero-order chi connectivity index (χ0) is 22.3. The van der Waals surface area contributed by atoms with Crippen molar-refractivity contribution >= 4 is 15.7 Å². The highest BCUT2D eigenvalue weighted by molar-refractivity contribution is 7.92. The average molecular weight is 441 g/mol. The maximum Gasteiger partial charge on any atom is 0.416 e. The van der Waals surface area contributed by atoms with Crippen LogP contribution in [0.25, 0.3) is 0 Å². The Morgan fingerprint density at radius 1 is 1.10 bits per heavy atom. The van der Waals surface area contributed by atoms with Crippen LogP contribution in [-0.4, -0.2) is 28.0 Å². The minimum atomic E-state index is -4.44. The first kappa shape index (κ1) is 21.9. The highest BCUT2D eigenvalue weighted by Crippen LogP contribution is 2.30. The molecule has 0 aliphatic heterocycles. The van der Waals surface area contributed by atoms with E-state index in [9.17, 15) is 21.6 Å². The van der Waals surface area contributed by atoms with Gasteiger partial charge in [0.2, 0.25) is 0 Å². The van der Waals surface area contributed by atoms with E-state index in [1.807, 2.05) is 6.92 Å². The summed E-state index contributed by atoms with van der Waals surface area (Å²) < 4.78 is 70.2. The van der Waals surface area contributed by atoms with Crippen LogP contribution in [0.4, 0.5) is 18.9 Å². The standard InChI is InChI=1S/C19H22F3N5O2S/c1-5-26-13(3)17(10-23-26)30(28,29)25-18-12(2)24-27(14(18)4)11-15-7-6-8-16(9-15)19(20,21)22/h6-10,25H,5,11H2,1-4H3. The summed E-state index contributed by atoms with van der Waals surface area (Å²) in [5, 5.41) is 8.37. The molecule has 3 rings (SSSR count). The molecule has 3 aromatic rings. The minimum Gasteiger partial charge on any atom is -0.276 e. The number of hydrogen-bond donors (Lipinski definition) is 1. The van der Waals surface area contributed by atoms with Gasteiger partial charge in [0.15, 0.2) is 0 Å². The molecule has 0 radical (unpaired) electrons. The SMILES string of the molecule is CCn1ncc(S(=O)(=O)Nc2c(C)nn(Cc3cccc(C(F)(F)F)c3)c2C)c1C. The van der Waals surface area contributed by atoms with Crippen molar-refractivity contribution < 1.29 is 21.6 Å². The molecule has 2 heterocycles. The molecule has 0 aliphatic rings. The van der Waals surface area contributed by atoms with E-state index in [2.05, 4.69) is 14.9 Å². The number of nitrogens with one attached hydrogen (secondary N) is 1. The number of aromatic nitrogens is 4. The molecule has 0 saturated carbocycles. The van der Waals surface area contributed by atoms with Gasteiger partial charge in [-0.25, -0.2) is 8.42 Å². The first-order valence-corrected chi connectivity index (χ1v) is 10.7. The predicted molar refractivity (Wildman–Crippen MR) is 106 cm³/mol. The van der Waals surface area contributed by atoms with Crippen LogP contribution in [0.15, 0.2) is 35.4 Å². The van der Waals surface area contributed by atoms with E-state index in [-0.39, 0.29) is 11.4 Å². The Morgan fingerprint density at radius 2 is 1.80 bits per heavy atom. The molecule has 0 spiro atoms. The number of rotatable bonds is 6. The van der Waals surface area contributed by atoms with Crippen LogP contribution in [0.2, 0.25) is 0 Å². The second-order valence-corrected chi connectivity index (χ2v) is 8.57. The number of alkyl halides is 3. The van der Waals surface area contributed by atoms with Crippen LogP contribution in [0.3, 0.4) is 0 Å². The van der Waals surface area contributed by atoms with Crippen molar-refractivity contribution in [3.05, 3.63) is 58.7 Å². The van der Waals surface area contributed by atoms with Gasteiger partial charge in [0, 0.05) is 6.54 Å². The normalized spacial score (nSPS) is 12.4. The lowest BCUT2D eigenvalue weighted by Gasteiger charge is -2.11. The number of nitrogens with zero attached hydrogens (tertiary/aromatic N) is 4. The molecule has 11 heteroatoms. The van der Waals surface area contributed by atoms with Gasteiger partial charge in [0.25, 0.3) is 10.0 Å². The topological polar surface area (TPSA) is 81.8 Å². The third-order valence-corrected chi connectivity index (χ3v) is 6.30. The first-order valence-electron chi connectivity index (χ1n) is 9.19. The first-order chi connectivity index (χ1) is 13.9. The lowest BCUT2D eigenvalue weighted by Crippen LogP contribution is -2.15. The van der Waals surface area contributed by atoms with Crippen LogP contribution >= 0.6 is 0 Å². The Labute approximate surface area is 172 Å². The highest BCUT2D eigenvalue weighted by Gasteiger charge is 2.30. The number of sulfonamides is 1. The summed E-state index contributed by atoms with van der Waals surface area (Å²) in [6.07, 6.45) is -3.15. The van der Waals surface area contributed by atoms with E-state index >= 15 is 0 Å². The van der Waals surface area contributed by atoms with Crippen molar-refractivity contribution in [2.75, 3.05) is 4.72 Å². The van der Waals surface area contributed by atoms with Gasteiger partial charge in [0.05, 0.1) is 41.1 Å². The number of halogens is 3. The summed E-state index contributed by atoms with van der Waals surface area (Å²) in [5.74, 6) is 0. The zero-order valence-electron chi connectivity index (χ0n) is 16.9. The fourth-order valence-electron chi connectivity index (χ4n) is 3.22. The number of aryl methyl sites for hydroxylation is 2. The van der Waals surface area contributed by atoms with E-state index in [0.29, 0.717) is 34.9 Å². The Bertz CT molecular complexity index is 1180. The molecule has 0 atom stereocenters. The van der Waals surface area contributed by atoms with Crippen molar-refractivity contribution in [1.82, 2.24) is 19.6 Å². The van der Waals surface area contributed by atoms with Crippen LogP contribution in [0.5, 0.6) is 0 Å². The maximum atomic E-state index is 13.0. The summed E-state index contributed by atoms with van der Waals surface area (Å²) in [7, 11) is -3.90. The molecule has 30 heavy (non-hydrogen) atoms. The summed E-state index contributed by atoms with van der Waals surface area (Å²) >= 11 is 0. The molecule has 0 saturated heterocycles. The van der Waals surface area contributed by atoms with Gasteiger partial charge in [0.1, 0.15) is 4.90 Å². The second kappa shape index (κ2) is 7.78. The number of hydrogen-bond acceptors (Lipinski definition) is 4. The van der Waals surface area contributed by atoms with E-state index in [0.717, 1.165) is 12.1 Å². The van der Waals surface area contributed by atoms with Crippen molar-refractivity contribution in [3.8, 4) is 0 Å². The lowest BCUT2D eigenvalue weighted by atomic mass is 10.1. The van der Waals surface area contributed by atoms with Crippen molar-refractivity contribution in [2.45, 2.75) is 51.9 Å². The van der Waals surface area contributed by atoms with Crippen molar-refractivity contribution in [1.29, 1.82) is 0 Å². The molecule has 0 unspecified atom stereocenters. The summed E-state index contributed by atoms with van der Waals surface area (Å²) in [6, 6.07) is 4.96. The molecule has 0 fully saturated rings. The van der Waals surface area contributed by atoms with Gasteiger partial charge in [-0.15, -0.1) is 0 Å². The number of benzene rings is 1. The molecule has 1 N–H and O–H groups in total. The molecule has 2 aromatic heterocycles. The third-order valence-electron chi connectivity index (χ3n) is 4.85. The largest absolute Gasteiger partial charge is 0.416 e. The molecule has 162 valence electrons. The van der Waals surface area contributed by atoms with Crippen LogP contribution in [0.1, 0.15) is 35.1 Å². The van der Waals surface area contributed by atoms with Gasteiger partial charge >= 0.3 is 6.18 Å². The van der Waals surface area contributed by atoms with Crippen LogP contribution in [0, 0.1) is 20.8 Å². The van der Waals surface area contributed by atoms with E-state index in [1.54, 1.807) is 31.5 Å². The lowest BCUT2D eigenvalue weighted by molar-refractivity contribution is -0.137. The second-order valence-electron chi connectivity index (χ2n) is 6.92. The third kappa shape index (κ3) is 4.20. The van der Waals surface area contributed by atoms with Gasteiger partial charge in [-0.05, 0) is 45.4 Å². The Kier molecular flexibility index (Phi) is 5.68. The molecule has 0 bridgehead atoms. The van der Waals surface area contributed by atoms with E-state index in [1.165, 1.54) is 16.9 Å². The summed E-state index contributed by atoms with van der Waals surface area (Å²) in [6.45, 7) is 7.43. The Hall–Kier alpha value is -2.82. The Morgan fingerprint density at radius 3 is 2.40 bits per heavy atom. The van der Waals surface area contributed by atoms with Crippen LogP contribution in [-0.2, 0) is 29.3 Å². The molecule has 1 aromatic carbocycles. The molecular formula is C19H22F3N5O2S. The predicted octanol–water partition coefficient (Wildman–Crippen LogP) is 3.89. The minimum absolute atomic E-state index is 0.0637. The molecule has 0 aliphatic carbocycles. The average Bonchev–Trinajstić information content (AvgIpc) is 3.16. The highest BCUT2D eigenvalue weighted by atomic mass is 32.2. The van der Waals surface area contributed by atoms with Gasteiger partial charge in [-0.2, -0.15) is 23.4 Å². The monoisotopic (exact) mass is 441 g/mol. The summed E-state index contributed by atoms with van der Waals surface area (Å²) in [5.41, 5.74) is 1.38.